The summed E-state index contributed by atoms with van der Waals surface area (Å²) < 4.78 is 15.5. The fourth-order valence-corrected chi connectivity index (χ4v) is 3.23. The van der Waals surface area contributed by atoms with Crippen LogP contribution in [-0.2, 0) is 23.8 Å². The lowest BCUT2D eigenvalue weighted by Crippen LogP contribution is -2.60. The zero-order valence-electron chi connectivity index (χ0n) is 18.5. The fraction of sp³-hybridized carbons (Fsp3) is 0.250. The summed E-state index contributed by atoms with van der Waals surface area (Å²) in [5.41, 5.74) is 0.500. The Kier molecular flexibility index (Phi) is 8.51. The van der Waals surface area contributed by atoms with Crippen molar-refractivity contribution in [2.45, 2.75) is 30.7 Å². The number of esters is 2. The molecule has 0 aromatic heterocycles. The average molecular weight is 504 g/mol. The van der Waals surface area contributed by atoms with Gasteiger partial charge in [-0.25, -0.2) is 9.59 Å². The molecule has 0 saturated carbocycles. The van der Waals surface area contributed by atoms with E-state index in [-0.39, 0.29) is 11.3 Å². The lowest BCUT2D eigenvalue weighted by atomic mass is 9.99. The van der Waals surface area contributed by atoms with Gasteiger partial charge in [0.2, 0.25) is 12.0 Å². The number of ether oxygens (including phenoxy) is 3. The zero-order valence-corrected chi connectivity index (χ0v) is 18.5. The molecule has 12 nitrogen and oxygen atoms in total. The highest BCUT2D eigenvalue weighted by Crippen LogP contribution is 2.37. The Morgan fingerprint density at radius 2 is 1.47 bits per heavy atom. The number of aromatic hydroxyl groups is 4. The molecular weight excluding hydrogens is 480 g/mol. The van der Waals surface area contributed by atoms with Gasteiger partial charge in [0.1, 0.15) is 24.1 Å². The van der Waals surface area contributed by atoms with Crippen LogP contribution in [-0.4, -0.2) is 85.0 Å². The third-order valence-electron chi connectivity index (χ3n) is 5.17. The van der Waals surface area contributed by atoms with E-state index in [1.165, 1.54) is 36.4 Å². The minimum Gasteiger partial charge on any atom is -0.508 e. The largest absolute Gasteiger partial charge is 0.508 e. The van der Waals surface area contributed by atoms with Gasteiger partial charge in [0.15, 0.2) is 17.6 Å². The molecule has 12 heteroatoms. The molecule has 1 heterocycles. The topological polar surface area (TPSA) is 203 Å². The lowest BCUT2D eigenvalue weighted by molar-refractivity contribution is -0.293. The monoisotopic (exact) mass is 504 g/mol. The second-order valence-corrected chi connectivity index (χ2v) is 7.67. The summed E-state index contributed by atoms with van der Waals surface area (Å²) in [5.74, 6) is -4.12. The molecule has 2 aromatic rings. The number of aliphatic hydroxyl groups is 3. The van der Waals surface area contributed by atoms with E-state index in [0.717, 1.165) is 24.3 Å². The van der Waals surface area contributed by atoms with Gasteiger partial charge in [-0.2, -0.15) is 0 Å². The third kappa shape index (κ3) is 6.31. The maximum absolute atomic E-state index is 12.3. The molecule has 1 saturated heterocycles. The van der Waals surface area contributed by atoms with Crippen LogP contribution < -0.4 is 0 Å². The van der Waals surface area contributed by atoms with Gasteiger partial charge < -0.3 is 50.0 Å². The van der Waals surface area contributed by atoms with Gasteiger partial charge in [-0.15, -0.1) is 0 Å². The maximum atomic E-state index is 12.3. The number of hydrogen-bond donors (Lipinski definition) is 7. The quantitative estimate of drug-likeness (QED) is 0.153. The molecule has 192 valence electrons. The first-order chi connectivity index (χ1) is 17.1. The normalized spacial score (nSPS) is 24.1. The van der Waals surface area contributed by atoms with Crippen LogP contribution in [0.1, 0.15) is 11.1 Å². The van der Waals surface area contributed by atoms with Gasteiger partial charge in [0, 0.05) is 17.7 Å². The summed E-state index contributed by atoms with van der Waals surface area (Å²) in [6.07, 6.45) is -4.01. The predicted molar refractivity (Wildman–Crippen MR) is 121 cm³/mol. The molecule has 36 heavy (non-hydrogen) atoms. The first-order valence-electron chi connectivity index (χ1n) is 10.5. The van der Waals surface area contributed by atoms with Crippen molar-refractivity contribution in [3.8, 4) is 23.0 Å². The molecule has 0 bridgehead atoms. The minimum atomic E-state index is -1.81. The van der Waals surface area contributed by atoms with Crippen molar-refractivity contribution in [1.82, 2.24) is 0 Å². The van der Waals surface area contributed by atoms with Crippen LogP contribution in [0.5, 0.6) is 23.0 Å². The number of aliphatic hydroxyl groups excluding tert-OH is 3. The van der Waals surface area contributed by atoms with Crippen LogP contribution in [0, 0.1) is 0 Å². The van der Waals surface area contributed by atoms with E-state index in [4.69, 9.17) is 14.2 Å². The lowest BCUT2D eigenvalue weighted by Gasteiger charge is -2.40. The van der Waals surface area contributed by atoms with Crippen molar-refractivity contribution >= 4 is 24.1 Å². The molecule has 7 N–H and O–H groups in total. The number of phenols is 4. The summed E-state index contributed by atoms with van der Waals surface area (Å²) in [6, 6.07) is 8.14. The molecule has 2 aromatic carbocycles. The van der Waals surface area contributed by atoms with Gasteiger partial charge in [-0.1, -0.05) is 12.1 Å². The summed E-state index contributed by atoms with van der Waals surface area (Å²) >= 11 is 0. The number of benzene rings is 2. The Bertz CT molecular complexity index is 1140. The Morgan fingerprint density at radius 3 is 2.14 bits per heavy atom. The van der Waals surface area contributed by atoms with Crippen molar-refractivity contribution in [1.29, 1.82) is 0 Å². The summed E-state index contributed by atoms with van der Waals surface area (Å²) in [7, 11) is 0. The average Bonchev–Trinajstić information content (AvgIpc) is 2.86. The van der Waals surface area contributed by atoms with E-state index in [0.29, 0.717) is 5.56 Å². The van der Waals surface area contributed by atoms with Crippen LogP contribution in [0.4, 0.5) is 0 Å². The summed E-state index contributed by atoms with van der Waals surface area (Å²) in [6.45, 7) is -0.736. The summed E-state index contributed by atoms with van der Waals surface area (Å²) in [5, 5.41) is 68.0. The Labute approximate surface area is 204 Å². The molecule has 0 unspecified atom stereocenters. The fourth-order valence-electron chi connectivity index (χ4n) is 3.23. The van der Waals surface area contributed by atoms with E-state index in [9.17, 15) is 45.3 Å². The second-order valence-electron chi connectivity index (χ2n) is 7.67. The van der Waals surface area contributed by atoms with Crippen LogP contribution in [0.15, 0.2) is 48.6 Å². The molecule has 5 atom stereocenters. The zero-order chi connectivity index (χ0) is 26.4. The van der Waals surface area contributed by atoms with Crippen LogP contribution >= 0.6 is 0 Å². The Morgan fingerprint density at radius 1 is 0.833 bits per heavy atom. The SMILES string of the molecule is O=C(/C=C/c1ccc(O)cc1)O[C@@H]1O[C@H](CO)[C@@H](O)[C@H](O)[C@H]1OC(=O)/C=C/c1ccc(O)c(O)c1O. The molecule has 0 aliphatic carbocycles. The van der Waals surface area contributed by atoms with E-state index < -0.39 is 66.5 Å². The Balaban J connectivity index is 1.73. The molecule has 3 rings (SSSR count). The molecular formula is C24H24O12. The van der Waals surface area contributed by atoms with E-state index in [1.54, 1.807) is 0 Å². The van der Waals surface area contributed by atoms with E-state index >= 15 is 0 Å². The van der Waals surface area contributed by atoms with Gasteiger partial charge in [0.05, 0.1) is 6.61 Å². The first kappa shape index (κ1) is 26.5. The number of carbonyl (C=O) groups excluding carboxylic acids is 2. The van der Waals surface area contributed by atoms with Crippen LogP contribution in [0.3, 0.4) is 0 Å². The first-order valence-corrected chi connectivity index (χ1v) is 10.5. The van der Waals surface area contributed by atoms with Crippen LogP contribution in [0.25, 0.3) is 12.2 Å². The molecule has 0 spiro atoms. The summed E-state index contributed by atoms with van der Waals surface area (Å²) in [4.78, 5) is 24.6. The van der Waals surface area contributed by atoms with Crippen molar-refractivity contribution in [2.24, 2.45) is 0 Å². The van der Waals surface area contributed by atoms with Gasteiger partial charge in [-0.3, -0.25) is 0 Å². The number of hydrogen-bond acceptors (Lipinski definition) is 12. The molecule has 0 amide bonds. The standard InChI is InChI=1S/C24H24O12/c25-11-16-21(32)22(33)23(35-17(28)10-5-13-4-8-15(27)20(31)19(13)30)24(34-16)36-18(29)9-3-12-1-6-14(26)7-2-12/h1-10,16,21-27,30-33H,11H2/b9-3+,10-5+/t16-,21-,22+,23-,24+/m1/s1. The third-order valence-corrected chi connectivity index (χ3v) is 5.17. The Hall–Kier alpha value is -4.10. The molecule has 1 fully saturated rings. The highest BCUT2D eigenvalue weighted by atomic mass is 16.7. The number of carbonyl (C=O) groups is 2. The van der Waals surface area contributed by atoms with Crippen molar-refractivity contribution in [2.75, 3.05) is 6.61 Å². The van der Waals surface area contributed by atoms with E-state index in [1.807, 2.05) is 0 Å². The van der Waals surface area contributed by atoms with Crippen LogP contribution in [0.2, 0.25) is 0 Å². The smallest absolute Gasteiger partial charge is 0.333 e. The van der Waals surface area contributed by atoms with Gasteiger partial charge >= 0.3 is 11.9 Å². The highest BCUT2D eigenvalue weighted by Gasteiger charge is 2.48. The van der Waals surface area contributed by atoms with Crippen molar-refractivity contribution < 1.29 is 59.5 Å². The molecule has 1 aliphatic heterocycles. The highest BCUT2D eigenvalue weighted by molar-refractivity contribution is 5.88. The van der Waals surface area contributed by atoms with Gasteiger partial charge in [0.25, 0.3) is 0 Å². The molecule has 1 aliphatic rings. The van der Waals surface area contributed by atoms with Crippen molar-refractivity contribution in [3.05, 3.63) is 59.7 Å². The van der Waals surface area contributed by atoms with E-state index in [2.05, 4.69) is 0 Å². The number of phenolic OH excluding ortho intramolecular Hbond substituents is 4. The van der Waals surface area contributed by atoms with Crippen molar-refractivity contribution in [3.63, 3.8) is 0 Å². The predicted octanol–water partition coefficient (Wildman–Crippen LogP) is 0.130. The minimum absolute atomic E-state index is 0.0315. The van der Waals surface area contributed by atoms with Gasteiger partial charge in [-0.05, 0) is 42.0 Å². The molecule has 0 radical (unpaired) electrons. The maximum Gasteiger partial charge on any atom is 0.333 e. The second kappa shape index (κ2) is 11.6. The number of rotatable bonds is 7.